The van der Waals surface area contributed by atoms with Crippen LogP contribution < -0.4 is 9.64 Å². The molecule has 8 heteroatoms. The third-order valence-electron chi connectivity index (χ3n) is 6.12. The largest absolute Gasteiger partial charge is 0.481 e. The van der Waals surface area contributed by atoms with Gasteiger partial charge in [0.25, 0.3) is 0 Å². The molecule has 0 aromatic carbocycles. The lowest BCUT2D eigenvalue weighted by molar-refractivity contribution is 0.283. The standard InChI is InChI=1S/C21H26N6OS/c1-26(21-17-5-7-22-20(17)23-13-24-21)16-9-14(10-16)12-29-27-8-6-18-15(11-27)3-4-19(25-18)28-2/h3-5,7,13-14,16H,6,8-12H2,1-2H3,(H,22,23,24). The summed E-state index contributed by atoms with van der Waals surface area (Å²) in [5, 5.41) is 1.10. The summed E-state index contributed by atoms with van der Waals surface area (Å²) in [6.07, 6.45) is 7.02. The van der Waals surface area contributed by atoms with Gasteiger partial charge in [-0.25, -0.2) is 19.3 Å². The number of ether oxygens (including phenoxy) is 1. The van der Waals surface area contributed by atoms with Gasteiger partial charge in [0.2, 0.25) is 5.88 Å². The van der Waals surface area contributed by atoms with Gasteiger partial charge in [0.1, 0.15) is 17.8 Å². The zero-order valence-corrected chi connectivity index (χ0v) is 17.7. The topological polar surface area (TPSA) is 70.2 Å². The minimum absolute atomic E-state index is 0.562. The van der Waals surface area contributed by atoms with Crippen LogP contribution in [-0.4, -0.2) is 56.7 Å². The van der Waals surface area contributed by atoms with Gasteiger partial charge >= 0.3 is 0 Å². The maximum absolute atomic E-state index is 5.24. The van der Waals surface area contributed by atoms with E-state index in [2.05, 4.69) is 48.3 Å². The van der Waals surface area contributed by atoms with E-state index in [9.17, 15) is 0 Å². The van der Waals surface area contributed by atoms with Crippen molar-refractivity contribution >= 4 is 28.8 Å². The molecule has 0 amide bonds. The number of hydrogen-bond acceptors (Lipinski definition) is 7. The Balaban J connectivity index is 1.12. The maximum Gasteiger partial charge on any atom is 0.213 e. The number of aromatic nitrogens is 4. The Morgan fingerprint density at radius 3 is 3.03 bits per heavy atom. The van der Waals surface area contributed by atoms with Crippen LogP contribution in [0.25, 0.3) is 11.0 Å². The molecule has 2 aliphatic rings. The summed E-state index contributed by atoms with van der Waals surface area (Å²) in [6, 6.07) is 6.75. The second-order valence-corrected chi connectivity index (χ2v) is 9.02. The minimum atomic E-state index is 0.562. The monoisotopic (exact) mass is 410 g/mol. The molecule has 0 unspecified atom stereocenters. The second-order valence-electron chi connectivity index (χ2n) is 7.91. The van der Waals surface area contributed by atoms with Gasteiger partial charge in [-0.15, -0.1) is 0 Å². The Hall–Kier alpha value is -2.32. The summed E-state index contributed by atoms with van der Waals surface area (Å²) in [5.41, 5.74) is 3.42. The molecule has 29 heavy (non-hydrogen) atoms. The fourth-order valence-electron chi connectivity index (χ4n) is 4.27. The van der Waals surface area contributed by atoms with Gasteiger partial charge in [-0.05, 0) is 30.4 Å². The van der Waals surface area contributed by atoms with Crippen molar-refractivity contribution in [1.29, 1.82) is 0 Å². The molecular weight excluding hydrogens is 384 g/mol. The number of anilines is 1. The second kappa shape index (κ2) is 7.84. The fourth-order valence-corrected chi connectivity index (χ4v) is 5.42. The van der Waals surface area contributed by atoms with Crippen LogP contribution in [-0.2, 0) is 13.0 Å². The smallest absolute Gasteiger partial charge is 0.213 e. The Morgan fingerprint density at radius 1 is 1.28 bits per heavy atom. The van der Waals surface area contributed by atoms with E-state index >= 15 is 0 Å². The molecule has 5 rings (SSSR count). The van der Waals surface area contributed by atoms with Gasteiger partial charge in [-0.3, -0.25) is 0 Å². The summed E-state index contributed by atoms with van der Waals surface area (Å²) in [6.45, 7) is 2.03. The number of hydrogen-bond donors (Lipinski definition) is 1. The van der Waals surface area contributed by atoms with Crippen molar-refractivity contribution in [1.82, 2.24) is 24.2 Å². The zero-order valence-electron chi connectivity index (χ0n) is 16.8. The van der Waals surface area contributed by atoms with Crippen LogP contribution in [0.5, 0.6) is 5.88 Å². The van der Waals surface area contributed by atoms with Crippen molar-refractivity contribution in [3.05, 3.63) is 42.0 Å². The van der Waals surface area contributed by atoms with Crippen LogP contribution >= 0.6 is 11.9 Å². The lowest BCUT2D eigenvalue weighted by Gasteiger charge is -2.42. The Morgan fingerprint density at radius 2 is 2.17 bits per heavy atom. The molecule has 1 aliphatic carbocycles. The van der Waals surface area contributed by atoms with Crippen molar-refractivity contribution in [2.24, 2.45) is 5.92 Å². The van der Waals surface area contributed by atoms with Crippen molar-refractivity contribution in [2.45, 2.75) is 31.8 Å². The molecule has 0 bridgehead atoms. The predicted octanol–water partition coefficient (Wildman–Crippen LogP) is 3.28. The average molecular weight is 411 g/mol. The van der Waals surface area contributed by atoms with Crippen LogP contribution in [0.4, 0.5) is 5.82 Å². The van der Waals surface area contributed by atoms with Gasteiger partial charge in [-0.1, -0.05) is 18.0 Å². The molecule has 4 heterocycles. The molecule has 1 fully saturated rings. The zero-order chi connectivity index (χ0) is 19.8. The highest BCUT2D eigenvalue weighted by Crippen LogP contribution is 2.38. The molecule has 0 radical (unpaired) electrons. The molecule has 152 valence electrons. The SMILES string of the molecule is COc1ccc2c(n1)CCN(SCC1CC(N(C)c3ncnc4[nH]ccc34)C1)C2. The average Bonchev–Trinajstić information content (AvgIpc) is 3.20. The summed E-state index contributed by atoms with van der Waals surface area (Å²) < 4.78 is 7.73. The van der Waals surface area contributed by atoms with E-state index in [-0.39, 0.29) is 0 Å². The predicted molar refractivity (Wildman–Crippen MR) is 116 cm³/mol. The summed E-state index contributed by atoms with van der Waals surface area (Å²) in [7, 11) is 3.83. The Labute approximate surface area is 175 Å². The van der Waals surface area contributed by atoms with E-state index in [0.29, 0.717) is 6.04 Å². The quantitative estimate of drug-likeness (QED) is 0.625. The molecule has 3 aromatic heterocycles. The highest BCUT2D eigenvalue weighted by atomic mass is 32.2. The van der Waals surface area contributed by atoms with Crippen molar-refractivity contribution in [3.63, 3.8) is 0 Å². The summed E-state index contributed by atoms with van der Waals surface area (Å²) >= 11 is 1.99. The fraction of sp³-hybridized carbons (Fsp3) is 0.476. The van der Waals surface area contributed by atoms with Gasteiger partial charge in [0.15, 0.2) is 0 Å². The van der Waals surface area contributed by atoms with Crippen LogP contribution in [0.15, 0.2) is 30.7 Å². The molecule has 0 saturated heterocycles. The first-order valence-electron chi connectivity index (χ1n) is 10.1. The molecule has 0 spiro atoms. The molecule has 7 nitrogen and oxygen atoms in total. The first kappa shape index (κ1) is 18.7. The summed E-state index contributed by atoms with van der Waals surface area (Å²) in [5.74, 6) is 3.71. The Kier molecular flexibility index (Phi) is 5.05. The van der Waals surface area contributed by atoms with E-state index in [1.807, 2.05) is 24.2 Å². The van der Waals surface area contributed by atoms with Gasteiger partial charge in [0.05, 0.1) is 18.2 Å². The van der Waals surface area contributed by atoms with E-state index in [1.54, 1.807) is 13.4 Å². The lowest BCUT2D eigenvalue weighted by Crippen LogP contribution is -2.44. The van der Waals surface area contributed by atoms with Crippen molar-refractivity contribution < 1.29 is 4.74 Å². The van der Waals surface area contributed by atoms with Gasteiger partial charge < -0.3 is 14.6 Å². The van der Waals surface area contributed by atoms with Crippen LogP contribution in [0.2, 0.25) is 0 Å². The molecule has 1 N–H and O–H groups in total. The van der Waals surface area contributed by atoms with Crippen LogP contribution in [0, 0.1) is 5.92 Å². The number of aromatic amines is 1. The first-order valence-corrected chi connectivity index (χ1v) is 11.1. The van der Waals surface area contributed by atoms with Crippen molar-refractivity contribution in [2.75, 3.05) is 31.4 Å². The molecule has 0 atom stereocenters. The highest BCUT2D eigenvalue weighted by Gasteiger charge is 2.34. The van der Waals surface area contributed by atoms with E-state index in [0.717, 1.165) is 48.2 Å². The highest BCUT2D eigenvalue weighted by molar-refractivity contribution is 7.97. The number of nitrogens with zero attached hydrogens (tertiary/aromatic N) is 5. The van der Waals surface area contributed by atoms with Gasteiger partial charge in [-0.2, -0.15) is 0 Å². The number of nitrogens with one attached hydrogen (secondary N) is 1. The van der Waals surface area contributed by atoms with Crippen LogP contribution in [0.3, 0.4) is 0 Å². The van der Waals surface area contributed by atoms with Crippen LogP contribution in [0.1, 0.15) is 24.1 Å². The maximum atomic E-state index is 5.24. The summed E-state index contributed by atoms with van der Waals surface area (Å²) in [4.78, 5) is 18.9. The number of rotatable bonds is 6. The number of H-pyrrole nitrogens is 1. The lowest BCUT2D eigenvalue weighted by atomic mass is 9.81. The van der Waals surface area contributed by atoms with Gasteiger partial charge in [0, 0.05) is 50.6 Å². The van der Waals surface area contributed by atoms with E-state index in [4.69, 9.17) is 4.74 Å². The molecule has 1 aliphatic heterocycles. The minimum Gasteiger partial charge on any atom is -0.481 e. The Bertz CT molecular complexity index is 1000. The molecule has 3 aromatic rings. The normalized spacial score (nSPS) is 21.6. The first-order chi connectivity index (χ1) is 14.2. The molecular formula is C21H26N6OS. The van der Waals surface area contributed by atoms with E-state index in [1.165, 1.54) is 29.9 Å². The molecule has 1 saturated carbocycles. The number of methoxy groups -OCH3 is 1. The third kappa shape index (κ3) is 3.67. The number of pyridine rings is 1. The van der Waals surface area contributed by atoms with E-state index < -0.39 is 0 Å². The third-order valence-corrected chi connectivity index (χ3v) is 7.41. The number of fused-ring (bicyclic) bond motifs is 2. The van der Waals surface area contributed by atoms with Crippen molar-refractivity contribution in [3.8, 4) is 5.88 Å².